The molecule has 2 unspecified atom stereocenters. The van der Waals surface area contributed by atoms with E-state index < -0.39 is 0 Å². The molecule has 1 aromatic heterocycles. The number of hydrogen-bond donors (Lipinski definition) is 2. The molecule has 2 aliphatic rings. The van der Waals surface area contributed by atoms with E-state index in [1.165, 1.54) is 54.8 Å². The van der Waals surface area contributed by atoms with Crippen molar-refractivity contribution in [1.82, 2.24) is 20.5 Å². The Hall–Kier alpha value is -2.37. The van der Waals surface area contributed by atoms with Crippen LogP contribution >= 0.6 is 11.3 Å². The number of likely N-dealkylation sites (N-methyl/N-ethyl adjacent to an activating group) is 1. The molecule has 2 fully saturated rings. The fourth-order valence-electron chi connectivity index (χ4n) is 5.53. The zero-order valence-corrected chi connectivity index (χ0v) is 21.7. The molecule has 0 radical (unpaired) electrons. The highest BCUT2D eigenvalue weighted by Crippen LogP contribution is 2.40. The topological polar surface area (TPSA) is 40.2 Å². The number of aromatic nitrogens is 1. The number of thiazole rings is 1. The van der Waals surface area contributed by atoms with Crippen molar-refractivity contribution in [2.75, 3.05) is 20.1 Å². The van der Waals surface area contributed by atoms with Gasteiger partial charge in [0.05, 0.1) is 17.8 Å². The summed E-state index contributed by atoms with van der Waals surface area (Å²) in [5.74, 6) is 0.615. The van der Waals surface area contributed by atoms with Gasteiger partial charge in [0.2, 0.25) is 0 Å². The van der Waals surface area contributed by atoms with Gasteiger partial charge in [-0.05, 0) is 51.1 Å². The average Bonchev–Trinajstić information content (AvgIpc) is 3.52. The van der Waals surface area contributed by atoms with E-state index in [4.69, 9.17) is 4.98 Å². The molecule has 4 rings (SSSR count). The van der Waals surface area contributed by atoms with Gasteiger partial charge in [0, 0.05) is 35.4 Å². The van der Waals surface area contributed by atoms with Gasteiger partial charge in [-0.3, -0.25) is 0 Å². The Kier molecular flexibility index (Phi) is 8.28. The van der Waals surface area contributed by atoms with Gasteiger partial charge < -0.3 is 15.5 Å². The van der Waals surface area contributed by atoms with Crippen molar-refractivity contribution in [3.05, 3.63) is 82.6 Å². The first-order valence-electron chi connectivity index (χ1n) is 12.7. The Balaban J connectivity index is 1.52. The second-order valence-corrected chi connectivity index (χ2v) is 10.8. The molecule has 34 heavy (non-hydrogen) atoms. The van der Waals surface area contributed by atoms with Gasteiger partial charge in [0.15, 0.2) is 0 Å². The van der Waals surface area contributed by atoms with E-state index in [0.717, 1.165) is 42.0 Å². The summed E-state index contributed by atoms with van der Waals surface area (Å²) in [7, 11) is 1.97. The Morgan fingerprint density at radius 3 is 2.68 bits per heavy atom. The minimum absolute atomic E-state index is 0.239. The number of likely N-dealkylation sites (tertiary alicyclic amines) is 1. The van der Waals surface area contributed by atoms with Crippen LogP contribution in [-0.2, 0) is 0 Å². The first-order valence-corrected chi connectivity index (χ1v) is 13.6. The fourth-order valence-corrected chi connectivity index (χ4v) is 6.51. The third-order valence-corrected chi connectivity index (χ3v) is 8.28. The average molecular weight is 477 g/mol. The number of benzene rings is 1. The quantitative estimate of drug-likeness (QED) is 0.414. The second-order valence-electron chi connectivity index (χ2n) is 9.92. The predicted molar refractivity (Wildman–Crippen MR) is 146 cm³/mol. The lowest BCUT2D eigenvalue weighted by molar-refractivity contribution is 0.234. The molecule has 0 amide bonds. The summed E-state index contributed by atoms with van der Waals surface area (Å²) in [5, 5.41) is 10.3. The van der Waals surface area contributed by atoms with Crippen LogP contribution in [0.3, 0.4) is 0 Å². The van der Waals surface area contributed by atoms with E-state index in [2.05, 4.69) is 71.8 Å². The van der Waals surface area contributed by atoms with Crippen LogP contribution in [0, 0.1) is 12.8 Å². The summed E-state index contributed by atoms with van der Waals surface area (Å²) < 4.78 is 0. The van der Waals surface area contributed by atoms with Crippen molar-refractivity contribution in [2.45, 2.75) is 64.0 Å². The van der Waals surface area contributed by atoms with Crippen LogP contribution in [0.25, 0.3) is 5.57 Å². The molecular formula is C29H40N4S. The highest BCUT2D eigenvalue weighted by atomic mass is 32.1. The molecule has 2 heterocycles. The van der Waals surface area contributed by atoms with E-state index in [9.17, 15) is 0 Å². The number of rotatable bonds is 10. The number of aryl methyl sites for hydroxylation is 1. The maximum absolute atomic E-state index is 5.08. The summed E-state index contributed by atoms with van der Waals surface area (Å²) in [6.45, 7) is 17.2. The van der Waals surface area contributed by atoms with Crippen LogP contribution in [0.2, 0.25) is 0 Å². The van der Waals surface area contributed by atoms with Gasteiger partial charge >= 0.3 is 0 Å². The zero-order chi connectivity index (χ0) is 24.1. The van der Waals surface area contributed by atoms with E-state index in [1.54, 1.807) is 11.3 Å². The molecule has 2 aromatic rings. The highest BCUT2D eigenvalue weighted by Gasteiger charge is 2.35. The monoisotopic (exact) mass is 476 g/mol. The molecule has 1 aromatic carbocycles. The standard InChI is InChI=1S/C29H40N4S/c1-20-11-9-14-25(17-20)22(3)26-19-34-29(32-26)27-15-10-16-33(27)23(4)28(31-21(2)18-30-5)24-12-7-6-8-13-24/h9,11,14,17,19,24,27-28,30-31H,2-4,6-8,10,12-13,15-16,18H2,1,5H3. The third-order valence-electron chi connectivity index (χ3n) is 7.33. The molecule has 1 saturated carbocycles. The lowest BCUT2D eigenvalue weighted by Crippen LogP contribution is -2.44. The summed E-state index contributed by atoms with van der Waals surface area (Å²) in [4.78, 5) is 7.61. The van der Waals surface area contributed by atoms with E-state index in [1.807, 2.05) is 7.05 Å². The maximum atomic E-state index is 5.08. The van der Waals surface area contributed by atoms with Crippen molar-refractivity contribution in [2.24, 2.45) is 5.92 Å². The molecule has 2 N–H and O–H groups in total. The first-order chi connectivity index (χ1) is 16.5. The molecule has 1 saturated heterocycles. The molecule has 1 aliphatic carbocycles. The first kappa shape index (κ1) is 24.7. The summed E-state index contributed by atoms with van der Waals surface area (Å²) >= 11 is 1.76. The van der Waals surface area contributed by atoms with Crippen molar-refractivity contribution in [3.8, 4) is 0 Å². The lowest BCUT2D eigenvalue weighted by atomic mass is 9.82. The van der Waals surface area contributed by atoms with Gasteiger partial charge in [-0.1, -0.05) is 68.8 Å². The van der Waals surface area contributed by atoms with Gasteiger partial charge in [0.1, 0.15) is 5.01 Å². The Labute approximate surface area is 209 Å². The Morgan fingerprint density at radius 1 is 1.15 bits per heavy atom. The lowest BCUT2D eigenvalue weighted by Gasteiger charge is -2.39. The summed E-state index contributed by atoms with van der Waals surface area (Å²) in [5.41, 5.74) is 6.64. The van der Waals surface area contributed by atoms with Gasteiger partial charge in [-0.25, -0.2) is 4.98 Å². The second kappa shape index (κ2) is 11.4. The van der Waals surface area contributed by atoms with Crippen LogP contribution in [-0.4, -0.2) is 36.1 Å². The van der Waals surface area contributed by atoms with Crippen molar-refractivity contribution in [1.29, 1.82) is 0 Å². The number of hydrogen-bond acceptors (Lipinski definition) is 5. The van der Waals surface area contributed by atoms with Crippen molar-refractivity contribution in [3.63, 3.8) is 0 Å². The molecule has 5 heteroatoms. The Bertz CT molecular complexity index is 1020. The SMILES string of the molecule is C=C(CNC)NC(C(=C)N1CCCC1c1nc(C(=C)c2cccc(C)c2)cs1)C1CCCCC1. The molecule has 1 aliphatic heterocycles. The van der Waals surface area contributed by atoms with Crippen LogP contribution in [0.1, 0.15) is 72.8 Å². The van der Waals surface area contributed by atoms with E-state index in [-0.39, 0.29) is 6.04 Å². The zero-order valence-electron chi connectivity index (χ0n) is 20.9. The van der Waals surface area contributed by atoms with Gasteiger partial charge in [-0.2, -0.15) is 0 Å². The van der Waals surface area contributed by atoms with Crippen LogP contribution < -0.4 is 10.6 Å². The van der Waals surface area contributed by atoms with Crippen molar-refractivity contribution < 1.29 is 0 Å². The van der Waals surface area contributed by atoms with Crippen LogP contribution in [0.5, 0.6) is 0 Å². The van der Waals surface area contributed by atoms with Crippen LogP contribution in [0.15, 0.2) is 60.8 Å². The molecular weight excluding hydrogens is 436 g/mol. The largest absolute Gasteiger partial charge is 0.379 e. The number of nitrogens with one attached hydrogen (secondary N) is 2. The van der Waals surface area contributed by atoms with Gasteiger partial charge in [-0.15, -0.1) is 11.3 Å². The van der Waals surface area contributed by atoms with E-state index in [0.29, 0.717) is 12.0 Å². The molecule has 4 nitrogen and oxygen atoms in total. The summed E-state index contributed by atoms with van der Waals surface area (Å²) in [6.07, 6.45) is 8.81. The highest BCUT2D eigenvalue weighted by molar-refractivity contribution is 7.09. The van der Waals surface area contributed by atoms with Gasteiger partial charge in [0.25, 0.3) is 0 Å². The minimum Gasteiger partial charge on any atom is -0.379 e. The number of nitrogens with zero attached hydrogens (tertiary/aromatic N) is 2. The molecule has 2 atom stereocenters. The van der Waals surface area contributed by atoms with E-state index >= 15 is 0 Å². The smallest absolute Gasteiger partial charge is 0.116 e. The summed E-state index contributed by atoms with van der Waals surface area (Å²) in [6, 6.07) is 9.05. The predicted octanol–water partition coefficient (Wildman–Crippen LogP) is 6.44. The Morgan fingerprint density at radius 2 is 1.94 bits per heavy atom. The fraction of sp³-hybridized carbons (Fsp3) is 0.483. The maximum Gasteiger partial charge on any atom is 0.116 e. The van der Waals surface area contributed by atoms with Crippen molar-refractivity contribution >= 4 is 16.9 Å². The molecule has 0 bridgehead atoms. The molecule has 182 valence electrons. The molecule has 0 spiro atoms. The van der Waals surface area contributed by atoms with Crippen LogP contribution in [0.4, 0.5) is 0 Å². The minimum atomic E-state index is 0.239. The normalized spacial score (nSPS) is 19.7. The third kappa shape index (κ3) is 5.64.